The molecule has 0 aliphatic heterocycles. The molecule has 0 aliphatic rings. The number of pyridine rings is 1. The molecule has 3 aromatic heterocycles. The number of benzene rings is 2. The van der Waals surface area contributed by atoms with Crippen LogP contribution in [0.5, 0.6) is 5.75 Å². The zero-order valence-electron chi connectivity index (χ0n) is 16.3. The Hall–Kier alpha value is -3.64. The summed E-state index contributed by atoms with van der Waals surface area (Å²) in [5.74, 6) is 0.618. The van der Waals surface area contributed by atoms with Crippen LogP contribution in [0.3, 0.4) is 0 Å². The number of aryl methyl sites for hydroxylation is 1. The Bertz CT molecular complexity index is 1470. The van der Waals surface area contributed by atoms with Crippen molar-refractivity contribution in [1.82, 2.24) is 19.2 Å². The molecular weight excluding hydrogens is 400 g/mol. The molecule has 0 saturated heterocycles. The maximum absolute atomic E-state index is 13.3. The molecule has 3 heterocycles. The van der Waals surface area contributed by atoms with Gasteiger partial charge in [0, 0.05) is 23.0 Å². The first kappa shape index (κ1) is 18.4. The Balaban J connectivity index is 1.76. The van der Waals surface area contributed by atoms with E-state index in [1.165, 1.54) is 0 Å². The van der Waals surface area contributed by atoms with Crippen molar-refractivity contribution in [2.45, 2.75) is 6.92 Å². The van der Waals surface area contributed by atoms with Crippen molar-refractivity contribution in [1.29, 1.82) is 0 Å². The van der Waals surface area contributed by atoms with Crippen LogP contribution in [-0.4, -0.2) is 26.3 Å². The van der Waals surface area contributed by atoms with Crippen LogP contribution in [0.1, 0.15) is 5.69 Å². The molecule has 0 amide bonds. The maximum atomic E-state index is 13.3. The van der Waals surface area contributed by atoms with E-state index in [-0.39, 0.29) is 5.56 Å². The van der Waals surface area contributed by atoms with Crippen molar-refractivity contribution in [3.63, 3.8) is 0 Å². The Morgan fingerprint density at radius 2 is 1.80 bits per heavy atom. The summed E-state index contributed by atoms with van der Waals surface area (Å²) in [6.45, 7) is 1.93. The molecule has 0 spiro atoms. The highest BCUT2D eigenvalue weighted by Gasteiger charge is 2.17. The topological polar surface area (TPSA) is 61.4 Å². The van der Waals surface area contributed by atoms with E-state index in [9.17, 15) is 4.79 Å². The lowest BCUT2D eigenvalue weighted by molar-refractivity contribution is 0.412. The predicted octanol–water partition coefficient (Wildman–Crippen LogP) is 4.67. The highest BCUT2D eigenvalue weighted by molar-refractivity contribution is 6.30. The van der Waals surface area contributed by atoms with Crippen molar-refractivity contribution >= 4 is 28.2 Å². The smallest absolute Gasteiger partial charge is 0.266 e. The third-order valence-corrected chi connectivity index (χ3v) is 5.42. The fraction of sp³-hybridized carbons (Fsp3) is 0.0870. The van der Waals surface area contributed by atoms with Crippen molar-refractivity contribution in [3.05, 3.63) is 88.1 Å². The largest absolute Gasteiger partial charge is 0.495 e. The third kappa shape index (κ3) is 2.76. The number of nitrogens with zero attached hydrogens (tertiary/aromatic N) is 4. The number of hydrogen-bond donors (Lipinski definition) is 0. The van der Waals surface area contributed by atoms with Crippen molar-refractivity contribution in [3.8, 4) is 22.6 Å². The summed E-state index contributed by atoms with van der Waals surface area (Å²) < 4.78 is 8.70. The van der Waals surface area contributed by atoms with Gasteiger partial charge in [-0.05, 0) is 42.8 Å². The number of rotatable bonds is 3. The SMILES string of the molecule is COc1ccccc1-n1ccc2c(cnc3c(-c4ccc(Cl)cc4)c(C)nn32)c1=O. The Morgan fingerprint density at radius 1 is 1.03 bits per heavy atom. The van der Waals surface area contributed by atoms with E-state index in [1.807, 2.05) is 61.5 Å². The quantitative estimate of drug-likeness (QED) is 0.428. The summed E-state index contributed by atoms with van der Waals surface area (Å²) in [4.78, 5) is 17.8. The van der Waals surface area contributed by atoms with Gasteiger partial charge in [0.05, 0.1) is 29.4 Å². The van der Waals surface area contributed by atoms with Gasteiger partial charge in [0.25, 0.3) is 5.56 Å². The van der Waals surface area contributed by atoms with E-state index < -0.39 is 0 Å². The molecule has 5 rings (SSSR count). The predicted molar refractivity (Wildman–Crippen MR) is 118 cm³/mol. The molecule has 0 atom stereocenters. The molecule has 0 radical (unpaired) electrons. The normalized spacial score (nSPS) is 11.3. The first-order valence-electron chi connectivity index (χ1n) is 9.37. The second kappa shape index (κ2) is 7.00. The molecule has 0 bridgehead atoms. The van der Waals surface area contributed by atoms with Crippen LogP contribution in [0.25, 0.3) is 33.4 Å². The van der Waals surface area contributed by atoms with E-state index in [0.717, 1.165) is 16.8 Å². The van der Waals surface area contributed by atoms with Gasteiger partial charge in [0.15, 0.2) is 5.65 Å². The molecular formula is C23H17ClN4O2. The Morgan fingerprint density at radius 3 is 2.57 bits per heavy atom. The fourth-order valence-corrected chi connectivity index (χ4v) is 3.87. The number of aromatic nitrogens is 4. The lowest BCUT2D eigenvalue weighted by Gasteiger charge is -2.11. The van der Waals surface area contributed by atoms with E-state index in [4.69, 9.17) is 16.3 Å². The van der Waals surface area contributed by atoms with Crippen LogP contribution in [0.15, 0.2) is 71.8 Å². The minimum absolute atomic E-state index is 0.187. The van der Waals surface area contributed by atoms with Gasteiger partial charge in [-0.15, -0.1) is 0 Å². The maximum Gasteiger partial charge on any atom is 0.266 e. The standard InChI is InChI=1S/C23H17ClN4O2/c1-14-21(15-7-9-16(24)10-8-15)22-25-13-17-18(28(22)26-14)11-12-27(23(17)29)19-5-3-4-6-20(19)30-2/h3-13H,1-2H3. The number of hydrogen-bond acceptors (Lipinski definition) is 4. The van der Waals surface area contributed by atoms with Gasteiger partial charge >= 0.3 is 0 Å². The summed E-state index contributed by atoms with van der Waals surface area (Å²) in [5.41, 5.74) is 4.59. The third-order valence-electron chi connectivity index (χ3n) is 5.16. The lowest BCUT2D eigenvalue weighted by atomic mass is 10.1. The van der Waals surface area contributed by atoms with Gasteiger partial charge < -0.3 is 4.74 Å². The zero-order chi connectivity index (χ0) is 20.8. The van der Waals surface area contributed by atoms with Gasteiger partial charge in [-0.25, -0.2) is 9.50 Å². The molecule has 0 aliphatic carbocycles. The zero-order valence-corrected chi connectivity index (χ0v) is 17.1. The van der Waals surface area contributed by atoms with Gasteiger partial charge in [-0.1, -0.05) is 35.9 Å². The van der Waals surface area contributed by atoms with E-state index in [1.54, 1.807) is 28.6 Å². The molecule has 6 nitrogen and oxygen atoms in total. The van der Waals surface area contributed by atoms with E-state index in [0.29, 0.717) is 33.0 Å². The molecule has 0 N–H and O–H groups in total. The minimum Gasteiger partial charge on any atom is -0.495 e. The van der Waals surface area contributed by atoms with E-state index >= 15 is 0 Å². The second-order valence-electron chi connectivity index (χ2n) is 6.92. The molecule has 30 heavy (non-hydrogen) atoms. The van der Waals surface area contributed by atoms with Crippen LogP contribution in [0.4, 0.5) is 0 Å². The molecule has 5 aromatic rings. The second-order valence-corrected chi connectivity index (χ2v) is 7.36. The van der Waals surface area contributed by atoms with Crippen LogP contribution < -0.4 is 10.3 Å². The summed E-state index contributed by atoms with van der Waals surface area (Å²) >= 11 is 6.03. The number of para-hydroxylation sites is 2. The van der Waals surface area contributed by atoms with Crippen molar-refractivity contribution in [2.24, 2.45) is 0 Å². The van der Waals surface area contributed by atoms with E-state index in [2.05, 4.69) is 10.1 Å². The average molecular weight is 417 g/mol. The summed E-state index contributed by atoms with van der Waals surface area (Å²) in [7, 11) is 1.58. The van der Waals surface area contributed by atoms with Gasteiger partial charge in [0.2, 0.25) is 0 Å². The monoisotopic (exact) mass is 416 g/mol. The average Bonchev–Trinajstić information content (AvgIpc) is 3.11. The van der Waals surface area contributed by atoms with Crippen LogP contribution in [-0.2, 0) is 0 Å². The summed E-state index contributed by atoms with van der Waals surface area (Å²) in [6, 6.07) is 16.8. The van der Waals surface area contributed by atoms with Gasteiger partial charge in [0.1, 0.15) is 5.75 Å². The van der Waals surface area contributed by atoms with Gasteiger partial charge in [-0.2, -0.15) is 5.10 Å². The van der Waals surface area contributed by atoms with Crippen molar-refractivity contribution in [2.75, 3.05) is 7.11 Å². The van der Waals surface area contributed by atoms with Crippen molar-refractivity contribution < 1.29 is 4.74 Å². The van der Waals surface area contributed by atoms with Crippen LogP contribution in [0, 0.1) is 6.92 Å². The number of fused-ring (bicyclic) bond motifs is 3. The molecule has 0 saturated carbocycles. The Kier molecular flexibility index (Phi) is 4.29. The summed E-state index contributed by atoms with van der Waals surface area (Å²) in [6.07, 6.45) is 3.35. The summed E-state index contributed by atoms with van der Waals surface area (Å²) in [5, 5.41) is 5.81. The number of methoxy groups -OCH3 is 1. The molecule has 0 unspecified atom stereocenters. The van der Waals surface area contributed by atoms with Crippen LogP contribution >= 0.6 is 11.6 Å². The molecule has 0 fully saturated rings. The Labute approximate surface area is 176 Å². The van der Waals surface area contributed by atoms with Gasteiger partial charge in [-0.3, -0.25) is 9.36 Å². The van der Waals surface area contributed by atoms with Crippen LogP contribution in [0.2, 0.25) is 5.02 Å². The number of ether oxygens (including phenoxy) is 1. The minimum atomic E-state index is -0.187. The number of halogens is 1. The molecule has 148 valence electrons. The highest BCUT2D eigenvalue weighted by atomic mass is 35.5. The fourth-order valence-electron chi connectivity index (χ4n) is 3.75. The molecule has 7 heteroatoms. The highest BCUT2D eigenvalue weighted by Crippen LogP contribution is 2.30. The lowest BCUT2D eigenvalue weighted by Crippen LogP contribution is -2.19. The first-order chi connectivity index (χ1) is 14.6. The first-order valence-corrected chi connectivity index (χ1v) is 9.75. The molecule has 2 aromatic carbocycles.